The molecule has 0 aliphatic carbocycles. The number of hydrogen-bond acceptors (Lipinski definition) is 2. The Kier molecular flexibility index (Phi) is 6.90. The molecule has 0 aliphatic heterocycles. The van der Waals surface area contributed by atoms with Crippen LogP contribution in [0.4, 0.5) is 0 Å². The van der Waals surface area contributed by atoms with Crippen LogP contribution in [0.1, 0.15) is 45.4 Å². The number of nitrogens with zero attached hydrogens (tertiary/aromatic N) is 2. The predicted molar refractivity (Wildman–Crippen MR) is 66.2 cm³/mol. The van der Waals surface area contributed by atoms with Crippen molar-refractivity contribution in [3.8, 4) is 0 Å². The lowest BCUT2D eigenvalue weighted by Crippen LogP contribution is -2.05. The molecule has 0 bridgehead atoms. The van der Waals surface area contributed by atoms with Crippen LogP contribution in [-0.2, 0) is 6.54 Å². The van der Waals surface area contributed by atoms with Gasteiger partial charge in [0, 0.05) is 25.5 Å². The average Bonchev–Trinajstić information content (AvgIpc) is 2.80. The maximum absolute atomic E-state index is 9.15. The van der Waals surface area contributed by atoms with Crippen molar-refractivity contribution in [2.24, 2.45) is 5.92 Å². The number of hydrogen-bond donors (Lipinski definition) is 1. The first-order valence-corrected chi connectivity index (χ1v) is 6.43. The van der Waals surface area contributed by atoms with Crippen molar-refractivity contribution in [3.63, 3.8) is 0 Å². The maximum Gasteiger partial charge on any atom is 0.0945 e. The van der Waals surface area contributed by atoms with Crippen LogP contribution in [0.3, 0.4) is 0 Å². The lowest BCUT2D eigenvalue weighted by Gasteiger charge is -2.12. The Labute approximate surface area is 98.5 Å². The first kappa shape index (κ1) is 13.2. The number of imidazole rings is 1. The van der Waals surface area contributed by atoms with E-state index in [-0.39, 0.29) is 0 Å². The van der Waals surface area contributed by atoms with Gasteiger partial charge in [-0.15, -0.1) is 0 Å². The molecule has 1 atom stereocenters. The van der Waals surface area contributed by atoms with Gasteiger partial charge in [0.15, 0.2) is 0 Å². The van der Waals surface area contributed by atoms with Crippen LogP contribution in [0.2, 0.25) is 0 Å². The largest absolute Gasteiger partial charge is 0.396 e. The molecule has 1 heterocycles. The van der Waals surface area contributed by atoms with E-state index >= 15 is 0 Å². The van der Waals surface area contributed by atoms with E-state index in [1.165, 1.54) is 32.1 Å². The van der Waals surface area contributed by atoms with Gasteiger partial charge in [0.05, 0.1) is 6.33 Å². The molecule has 1 aromatic rings. The van der Waals surface area contributed by atoms with E-state index in [1.807, 2.05) is 18.7 Å². The van der Waals surface area contributed by atoms with Crippen molar-refractivity contribution >= 4 is 0 Å². The third kappa shape index (κ3) is 5.31. The lowest BCUT2D eigenvalue weighted by molar-refractivity contribution is 0.206. The van der Waals surface area contributed by atoms with Crippen LogP contribution in [0.15, 0.2) is 18.7 Å². The number of rotatable bonds is 9. The summed E-state index contributed by atoms with van der Waals surface area (Å²) < 4.78 is 2.12. The van der Waals surface area contributed by atoms with E-state index in [0.29, 0.717) is 12.5 Å². The van der Waals surface area contributed by atoms with Crippen molar-refractivity contribution in [2.45, 2.75) is 52.0 Å². The SMILES string of the molecule is CCC[C@H](CO)CCCCCn1ccnc1. The topological polar surface area (TPSA) is 38.0 Å². The standard InChI is InChI=1S/C13H24N2O/c1-2-6-13(11-16)7-4-3-5-9-15-10-8-14-12-15/h8,10,12-13,16H,2-7,9,11H2,1H3/t13-/m0/s1. The molecule has 0 aromatic carbocycles. The number of aliphatic hydroxyl groups excluding tert-OH is 1. The molecule has 1 N–H and O–H groups in total. The summed E-state index contributed by atoms with van der Waals surface area (Å²) in [5.41, 5.74) is 0. The van der Waals surface area contributed by atoms with Crippen LogP contribution in [-0.4, -0.2) is 21.3 Å². The van der Waals surface area contributed by atoms with Gasteiger partial charge >= 0.3 is 0 Å². The predicted octanol–water partition coefficient (Wildman–Crippen LogP) is 2.85. The van der Waals surface area contributed by atoms with E-state index in [0.717, 1.165) is 13.0 Å². The molecule has 1 rings (SSSR count). The van der Waals surface area contributed by atoms with Crippen LogP contribution >= 0.6 is 0 Å². The Morgan fingerprint density at radius 1 is 1.25 bits per heavy atom. The van der Waals surface area contributed by atoms with Gasteiger partial charge < -0.3 is 9.67 Å². The van der Waals surface area contributed by atoms with Crippen molar-refractivity contribution < 1.29 is 5.11 Å². The molecule has 16 heavy (non-hydrogen) atoms. The summed E-state index contributed by atoms with van der Waals surface area (Å²) in [7, 11) is 0. The zero-order valence-electron chi connectivity index (χ0n) is 10.3. The summed E-state index contributed by atoms with van der Waals surface area (Å²) >= 11 is 0. The average molecular weight is 224 g/mol. The number of aliphatic hydroxyl groups is 1. The molecule has 0 unspecified atom stereocenters. The van der Waals surface area contributed by atoms with Gasteiger partial charge in [-0.1, -0.05) is 26.2 Å². The molecule has 3 heteroatoms. The second kappa shape index (κ2) is 8.34. The fourth-order valence-electron chi connectivity index (χ4n) is 2.06. The Morgan fingerprint density at radius 3 is 2.75 bits per heavy atom. The van der Waals surface area contributed by atoms with Gasteiger partial charge in [-0.2, -0.15) is 0 Å². The van der Waals surface area contributed by atoms with Gasteiger partial charge in [-0.3, -0.25) is 0 Å². The van der Waals surface area contributed by atoms with Crippen LogP contribution in [0.5, 0.6) is 0 Å². The smallest absolute Gasteiger partial charge is 0.0945 e. The molecule has 3 nitrogen and oxygen atoms in total. The highest BCUT2D eigenvalue weighted by molar-refractivity contribution is 4.73. The second-order valence-electron chi connectivity index (χ2n) is 4.49. The molecular weight excluding hydrogens is 200 g/mol. The van der Waals surface area contributed by atoms with Gasteiger partial charge in [0.25, 0.3) is 0 Å². The van der Waals surface area contributed by atoms with Gasteiger partial charge in [-0.25, -0.2) is 4.98 Å². The molecule has 0 amide bonds. The highest BCUT2D eigenvalue weighted by Crippen LogP contribution is 2.15. The van der Waals surface area contributed by atoms with Crippen molar-refractivity contribution in [3.05, 3.63) is 18.7 Å². The first-order chi connectivity index (χ1) is 7.86. The lowest BCUT2D eigenvalue weighted by atomic mass is 9.97. The Balaban J connectivity index is 1.98. The van der Waals surface area contributed by atoms with E-state index in [9.17, 15) is 0 Å². The summed E-state index contributed by atoms with van der Waals surface area (Å²) in [6.45, 7) is 3.61. The van der Waals surface area contributed by atoms with E-state index in [1.54, 1.807) is 0 Å². The molecule has 0 spiro atoms. The highest BCUT2D eigenvalue weighted by Gasteiger charge is 2.05. The summed E-state index contributed by atoms with van der Waals surface area (Å²) in [6, 6.07) is 0. The molecule has 0 saturated carbocycles. The molecule has 0 fully saturated rings. The second-order valence-corrected chi connectivity index (χ2v) is 4.49. The third-order valence-electron chi connectivity index (χ3n) is 3.04. The molecule has 1 aromatic heterocycles. The quantitative estimate of drug-likeness (QED) is 0.655. The summed E-state index contributed by atoms with van der Waals surface area (Å²) in [5.74, 6) is 0.526. The minimum atomic E-state index is 0.357. The van der Waals surface area contributed by atoms with Gasteiger partial charge in [0.2, 0.25) is 0 Å². The van der Waals surface area contributed by atoms with Crippen LogP contribution in [0.25, 0.3) is 0 Å². The summed E-state index contributed by atoms with van der Waals surface area (Å²) in [4.78, 5) is 4.02. The van der Waals surface area contributed by atoms with Gasteiger partial charge in [-0.05, 0) is 25.2 Å². The first-order valence-electron chi connectivity index (χ1n) is 6.43. The summed E-state index contributed by atoms with van der Waals surface area (Å²) in [6.07, 6.45) is 12.9. The Hall–Kier alpha value is -0.830. The number of aryl methyl sites for hydroxylation is 1. The fourth-order valence-corrected chi connectivity index (χ4v) is 2.06. The number of aromatic nitrogens is 2. The molecule has 92 valence electrons. The maximum atomic E-state index is 9.15. The fraction of sp³-hybridized carbons (Fsp3) is 0.769. The van der Waals surface area contributed by atoms with Crippen molar-refractivity contribution in [1.82, 2.24) is 9.55 Å². The van der Waals surface area contributed by atoms with E-state index in [4.69, 9.17) is 5.11 Å². The minimum Gasteiger partial charge on any atom is -0.396 e. The number of unbranched alkanes of at least 4 members (excludes halogenated alkanes) is 2. The monoisotopic (exact) mass is 224 g/mol. The normalized spacial score (nSPS) is 12.9. The van der Waals surface area contributed by atoms with Crippen LogP contribution < -0.4 is 0 Å². The van der Waals surface area contributed by atoms with Crippen LogP contribution in [0, 0.1) is 5.92 Å². The Morgan fingerprint density at radius 2 is 2.12 bits per heavy atom. The highest BCUT2D eigenvalue weighted by atomic mass is 16.3. The minimum absolute atomic E-state index is 0.357. The molecule has 0 saturated heterocycles. The molecule has 0 radical (unpaired) electrons. The zero-order chi connectivity index (χ0) is 11.6. The van der Waals surface area contributed by atoms with Crippen molar-refractivity contribution in [2.75, 3.05) is 6.61 Å². The third-order valence-corrected chi connectivity index (χ3v) is 3.04. The van der Waals surface area contributed by atoms with E-state index in [2.05, 4.69) is 16.5 Å². The summed E-state index contributed by atoms with van der Waals surface area (Å²) in [5, 5.41) is 9.15. The van der Waals surface area contributed by atoms with Gasteiger partial charge in [0.1, 0.15) is 0 Å². The van der Waals surface area contributed by atoms with E-state index < -0.39 is 0 Å². The Bertz CT molecular complexity index is 246. The molecular formula is C13H24N2O. The van der Waals surface area contributed by atoms with Crippen molar-refractivity contribution in [1.29, 1.82) is 0 Å². The zero-order valence-corrected chi connectivity index (χ0v) is 10.3. The molecule has 0 aliphatic rings.